The van der Waals surface area contributed by atoms with E-state index in [0.29, 0.717) is 6.54 Å². The molecule has 0 unspecified atom stereocenters. The van der Waals surface area contributed by atoms with E-state index in [1.165, 1.54) is 13.2 Å². The van der Waals surface area contributed by atoms with Gasteiger partial charge in [0.2, 0.25) is 0 Å². The highest BCUT2D eigenvalue weighted by Crippen LogP contribution is 2.24. The van der Waals surface area contributed by atoms with Gasteiger partial charge in [0.25, 0.3) is 0 Å². The fourth-order valence-electron chi connectivity index (χ4n) is 1.84. The second-order valence-electron chi connectivity index (χ2n) is 4.36. The van der Waals surface area contributed by atoms with E-state index in [0.717, 1.165) is 16.1 Å². The number of carbonyl (C=O) groups is 1. The fraction of sp³-hybridized carbons (Fsp3) is 0.133. The normalized spacial score (nSPS) is 10.2. The second kappa shape index (κ2) is 6.58. The largest absolute Gasteiger partial charge is 0.465 e. The van der Waals surface area contributed by atoms with E-state index in [1.807, 2.05) is 24.3 Å². The zero-order valence-electron chi connectivity index (χ0n) is 11.3. The molecular weight excluding hydrogens is 339 g/mol. The summed E-state index contributed by atoms with van der Waals surface area (Å²) in [6, 6.07) is 10.1. The molecule has 0 aromatic heterocycles. The highest BCUT2D eigenvalue weighted by atomic mass is 79.9. The van der Waals surface area contributed by atoms with Gasteiger partial charge in [-0.1, -0.05) is 34.1 Å². The quantitative estimate of drug-likeness (QED) is 0.652. The first kappa shape index (κ1) is 15.3. The Bertz CT molecular complexity index is 677. The molecule has 0 heterocycles. The van der Waals surface area contributed by atoms with Crippen molar-refractivity contribution < 1.29 is 13.9 Å². The van der Waals surface area contributed by atoms with Crippen molar-refractivity contribution in [2.45, 2.75) is 6.54 Å². The number of rotatable bonds is 4. The summed E-state index contributed by atoms with van der Waals surface area (Å²) in [6.07, 6.45) is 0. The number of hydrogen-bond donors (Lipinski definition) is 2. The third-order valence-electron chi connectivity index (χ3n) is 2.97. The first-order chi connectivity index (χ1) is 10.0. The molecule has 6 heteroatoms. The van der Waals surface area contributed by atoms with E-state index in [4.69, 9.17) is 5.73 Å². The van der Waals surface area contributed by atoms with Crippen molar-refractivity contribution in [3.8, 4) is 0 Å². The van der Waals surface area contributed by atoms with E-state index >= 15 is 0 Å². The highest BCUT2D eigenvalue weighted by Gasteiger charge is 2.14. The number of nitrogen functional groups attached to an aromatic ring is 1. The molecule has 0 atom stereocenters. The van der Waals surface area contributed by atoms with Gasteiger partial charge in [-0.05, 0) is 23.8 Å². The molecule has 0 fully saturated rings. The van der Waals surface area contributed by atoms with Crippen molar-refractivity contribution in [3.63, 3.8) is 0 Å². The molecule has 0 aliphatic heterocycles. The van der Waals surface area contributed by atoms with Crippen LogP contribution in [0.4, 0.5) is 15.8 Å². The Hall–Kier alpha value is -2.08. The van der Waals surface area contributed by atoms with Crippen LogP contribution < -0.4 is 11.1 Å². The van der Waals surface area contributed by atoms with Gasteiger partial charge < -0.3 is 15.8 Å². The van der Waals surface area contributed by atoms with Gasteiger partial charge in [-0.3, -0.25) is 0 Å². The van der Waals surface area contributed by atoms with Gasteiger partial charge >= 0.3 is 5.97 Å². The van der Waals surface area contributed by atoms with Crippen LogP contribution in [0.1, 0.15) is 15.9 Å². The van der Waals surface area contributed by atoms with Crippen LogP contribution in [-0.2, 0) is 11.3 Å². The first-order valence-electron chi connectivity index (χ1n) is 6.17. The molecular formula is C15H14BrFN2O2. The molecule has 0 bridgehead atoms. The molecule has 0 amide bonds. The molecule has 0 spiro atoms. The van der Waals surface area contributed by atoms with Crippen LogP contribution in [0.25, 0.3) is 0 Å². The number of halogens is 2. The molecule has 110 valence electrons. The average Bonchev–Trinajstić information content (AvgIpc) is 2.47. The average molecular weight is 353 g/mol. The summed E-state index contributed by atoms with van der Waals surface area (Å²) >= 11 is 3.42. The third-order valence-corrected chi connectivity index (χ3v) is 3.75. The smallest absolute Gasteiger partial charge is 0.340 e. The van der Waals surface area contributed by atoms with Gasteiger partial charge in [0.05, 0.1) is 18.4 Å². The first-order valence-corrected chi connectivity index (χ1v) is 6.97. The number of carbonyl (C=O) groups excluding carboxylic acids is 1. The Morgan fingerprint density at radius 1 is 1.38 bits per heavy atom. The molecule has 2 rings (SSSR count). The Labute approximate surface area is 130 Å². The summed E-state index contributed by atoms with van der Waals surface area (Å²) in [4.78, 5) is 11.6. The number of methoxy groups -OCH3 is 1. The minimum Gasteiger partial charge on any atom is -0.465 e. The zero-order chi connectivity index (χ0) is 15.4. The lowest BCUT2D eigenvalue weighted by Gasteiger charge is -2.12. The molecule has 0 radical (unpaired) electrons. The molecule has 4 nitrogen and oxygen atoms in total. The molecule has 3 N–H and O–H groups in total. The minimum atomic E-state index is -0.601. The molecule has 21 heavy (non-hydrogen) atoms. The third kappa shape index (κ3) is 3.52. The van der Waals surface area contributed by atoms with Crippen LogP contribution in [0.5, 0.6) is 0 Å². The summed E-state index contributed by atoms with van der Waals surface area (Å²) in [5, 5.41) is 2.95. The lowest BCUT2D eigenvalue weighted by atomic mass is 10.1. The molecule has 2 aromatic carbocycles. The topological polar surface area (TPSA) is 64.3 Å². The maximum Gasteiger partial charge on any atom is 0.340 e. The Morgan fingerprint density at radius 3 is 2.76 bits per heavy atom. The van der Waals surface area contributed by atoms with E-state index in [1.54, 1.807) is 0 Å². The van der Waals surface area contributed by atoms with Crippen molar-refractivity contribution in [2.75, 3.05) is 18.2 Å². The molecule has 0 aliphatic rings. The number of esters is 1. The van der Waals surface area contributed by atoms with Crippen LogP contribution >= 0.6 is 15.9 Å². The van der Waals surface area contributed by atoms with Crippen LogP contribution in [0.3, 0.4) is 0 Å². The molecule has 0 saturated heterocycles. The van der Waals surface area contributed by atoms with Crippen molar-refractivity contribution in [3.05, 3.63) is 57.8 Å². The Morgan fingerprint density at radius 2 is 2.10 bits per heavy atom. The van der Waals surface area contributed by atoms with Gasteiger partial charge in [0.1, 0.15) is 5.82 Å². The number of nitrogens with one attached hydrogen (secondary N) is 1. The van der Waals surface area contributed by atoms with E-state index in [9.17, 15) is 9.18 Å². The maximum atomic E-state index is 13.9. The van der Waals surface area contributed by atoms with Gasteiger partial charge in [0.15, 0.2) is 0 Å². The second-order valence-corrected chi connectivity index (χ2v) is 5.21. The van der Waals surface area contributed by atoms with E-state index in [2.05, 4.69) is 26.0 Å². The predicted octanol–water partition coefficient (Wildman–Crippen LogP) is 3.57. The van der Waals surface area contributed by atoms with Crippen molar-refractivity contribution in [2.24, 2.45) is 0 Å². The summed E-state index contributed by atoms with van der Waals surface area (Å²) in [5.74, 6) is -1.12. The molecule has 0 aliphatic carbocycles. The molecule has 2 aromatic rings. The summed E-state index contributed by atoms with van der Waals surface area (Å²) in [7, 11) is 1.25. The summed E-state index contributed by atoms with van der Waals surface area (Å²) in [5.41, 5.74) is 6.96. The number of nitrogens with two attached hydrogens (primary N) is 1. The maximum absolute atomic E-state index is 13.9. The summed E-state index contributed by atoms with van der Waals surface area (Å²) < 4.78 is 19.4. The van der Waals surface area contributed by atoms with Gasteiger partial charge in [0, 0.05) is 16.7 Å². The van der Waals surface area contributed by atoms with Crippen molar-refractivity contribution in [1.82, 2.24) is 0 Å². The van der Waals surface area contributed by atoms with Crippen molar-refractivity contribution >= 4 is 33.3 Å². The van der Waals surface area contributed by atoms with Gasteiger partial charge in [-0.15, -0.1) is 0 Å². The van der Waals surface area contributed by atoms with Crippen LogP contribution in [0.2, 0.25) is 0 Å². The predicted molar refractivity (Wildman–Crippen MR) is 83.6 cm³/mol. The van der Waals surface area contributed by atoms with E-state index in [-0.39, 0.29) is 16.9 Å². The number of benzene rings is 2. The standard InChI is InChI=1S/C15H14BrFN2O2/c1-21-15(20)10-6-14(12(17)7-13(10)18)19-8-9-4-2-3-5-11(9)16/h2-7,19H,8,18H2,1H3. The van der Waals surface area contributed by atoms with Gasteiger partial charge in [-0.25, -0.2) is 9.18 Å². The monoisotopic (exact) mass is 352 g/mol. The van der Waals surface area contributed by atoms with Crippen LogP contribution in [0.15, 0.2) is 40.9 Å². The molecule has 0 saturated carbocycles. The van der Waals surface area contributed by atoms with Crippen LogP contribution in [0, 0.1) is 5.82 Å². The van der Waals surface area contributed by atoms with Crippen LogP contribution in [-0.4, -0.2) is 13.1 Å². The van der Waals surface area contributed by atoms with Crippen molar-refractivity contribution in [1.29, 1.82) is 0 Å². The lowest BCUT2D eigenvalue weighted by Crippen LogP contribution is -2.09. The van der Waals surface area contributed by atoms with Gasteiger partial charge in [-0.2, -0.15) is 0 Å². The number of hydrogen-bond acceptors (Lipinski definition) is 4. The SMILES string of the molecule is COC(=O)c1cc(NCc2ccccc2Br)c(F)cc1N. The Kier molecular flexibility index (Phi) is 4.80. The Balaban J connectivity index is 2.24. The number of anilines is 2. The number of ether oxygens (including phenoxy) is 1. The highest BCUT2D eigenvalue weighted by molar-refractivity contribution is 9.10. The van der Waals surface area contributed by atoms with E-state index < -0.39 is 11.8 Å². The minimum absolute atomic E-state index is 0.0470. The lowest BCUT2D eigenvalue weighted by molar-refractivity contribution is 0.0602. The summed E-state index contributed by atoms with van der Waals surface area (Å²) in [6.45, 7) is 0.406. The fourth-order valence-corrected chi connectivity index (χ4v) is 2.27. The zero-order valence-corrected chi connectivity index (χ0v) is 12.9.